The summed E-state index contributed by atoms with van der Waals surface area (Å²) in [4.78, 5) is 12.5. The van der Waals surface area contributed by atoms with Crippen LogP contribution in [0.1, 0.15) is 12.0 Å². The number of rotatable bonds is 8. The van der Waals surface area contributed by atoms with Crippen molar-refractivity contribution in [3.8, 4) is 5.75 Å². The predicted molar refractivity (Wildman–Crippen MR) is 119 cm³/mol. The van der Waals surface area contributed by atoms with E-state index in [1.807, 2.05) is 24.3 Å². The normalized spacial score (nSPS) is 21.1. The number of aliphatic hydroxyl groups excluding tert-OH is 2. The number of hydrogen-bond donors (Lipinski definition) is 4. The monoisotopic (exact) mass is 526 g/mol. The molecule has 3 rings (SSSR count). The molecule has 8 heteroatoms. The van der Waals surface area contributed by atoms with E-state index in [9.17, 15) is 14.3 Å². The predicted octanol–water partition coefficient (Wildman–Crippen LogP) is 2.14. The van der Waals surface area contributed by atoms with Crippen molar-refractivity contribution in [2.75, 3.05) is 13.2 Å². The number of benzene rings is 2. The summed E-state index contributed by atoms with van der Waals surface area (Å²) in [6, 6.07) is 13.1. The Morgan fingerprint density at radius 1 is 1.20 bits per heavy atom. The van der Waals surface area contributed by atoms with Crippen LogP contribution in [0, 0.1) is 9.39 Å². The first kappa shape index (κ1) is 22.7. The first-order chi connectivity index (χ1) is 14.5. The summed E-state index contributed by atoms with van der Waals surface area (Å²) in [6.45, 7) is 0.397. The molecule has 3 atom stereocenters. The van der Waals surface area contributed by atoms with Crippen molar-refractivity contribution in [1.82, 2.24) is 10.6 Å². The van der Waals surface area contributed by atoms with Crippen LogP contribution in [0.25, 0.3) is 0 Å². The van der Waals surface area contributed by atoms with E-state index in [4.69, 9.17) is 9.84 Å². The van der Waals surface area contributed by atoms with Gasteiger partial charge in [0, 0.05) is 24.7 Å². The van der Waals surface area contributed by atoms with Crippen molar-refractivity contribution < 1.29 is 24.1 Å². The van der Waals surface area contributed by atoms with Crippen LogP contribution in [0.5, 0.6) is 5.75 Å². The van der Waals surface area contributed by atoms with Gasteiger partial charge >= 0.3 is 0 Å². The van der Waals surface area contributed by atoms with Crippen LogP contribution in [0.3, 0.4) is 0 Å². The van der Waals surface area contributed by atoms with Crippen LogP contribution in [0.2, 0.25) is 0 Å². The quantitative estimate of drug-likeness (QED) is 0.396. The number of para-hydroxylation sites is 1. The highest BCUT2D eigenvalue weighted by Gasteiger charge is 2.35. The number of halogens is 2. The lowest BCUT2D eigenvalue weighted by Crippen LogP contribution is -2.51. The fraction of sp³-hybridized carbons (Fsp3) is 0.318. The van der Waals surface area contributed by atoms with Gasteiger partial charge in [0.25, 0.3) is 0 Å². The molecule has 4 N–H and O–H groups in total. The van der Waals surface area contributed by atoms with Crippen LogP contribution in [0.15, 0.2) is 60.2 Å². The Hall–Kier alpha value is -2.01. The summed E-state index contributed by atoms with van der Waals surface area (Å²) in [5.41, 5.74) is 1.33. The average Bonchev–Trinajstić information content (AvgIpc) is 2.75. The number of nitrogens with one attached hydrogen (secondary N) is 2. The van der Waals surface area contributed by atoms with Gasteiger partial charge in [-0.05, 0) is 64.9 Å². The smallest absolute Gasteiger partial charge is 0.247 e. The maximum atomic E-state index is 13.1. The van der Waals surface area contributed by atoms with Crippen LogP contribution < -0.4 is 15.4 Å². The Morgan fingerprint density at radius 2 is 1.93 bits per heavy atom. The number of hydrogen-bond acceptors (Lipinski definition) is 5. The number of amides is 1. The third kappa shape index (κ3) is 6.00. The first-order valence-corrected chi connectivity index (χ1v) is 10.7. The minimum absolute atomic E-state index is 0.147. The second kappa shape index (κ2) is 10.9. The molecular formula is C22H24FIN2O4. The molecule has 0 aliphatic heterocycles. The topological polar surface area (TPSA) is 90.8 Å². The molecule has 0 saturated carbocycles. The molecule has 1 aliphatic carbocycles. The summed E-state index contributed by atoms with van der Waals surface area (Å²) in [7, 11) is 0. The summed E-state index contributed by atoms with van der Waals surface area (Å²) in [5, 5.41) is 25.8. The second-order valence-corrected chi connectivity index (χ2v) is 8.16. The maximum absolute atomic E-state index is 13.1. The van der Waals surface area contributed by atoms with Crippen molar-refractivity contribution >= 4 is 28.5 Å². The van der Waals surface area contributed by atoms with Gasteiger partial charge in [0.05, 0.1) is 10.2 Å². The van der Waals surface area contributed by atoms with E-state index in [0.717, 1.165) is 9.13 Å². The average molecular weight is 526 g/mol. The molecule has 30 heavy (non-hydrogen) atoms. The van der Waals surface area contributed by atoms with Gasteiger partial charge in [0.2, 0.25) is 5.91 Å². The van der Waals surface area contributed by atoms with Gasteiger partial charge in [-0.15, -0.1) is 0 Å². The van der Waals surface area contributed by atoms with Crippen molar-refractivity contribution in [3.63, 3.8) is 0 Å². The van der Waals surface area contributed by atoms with E-state index in [-0.39, 0.29) is 24.9 Å². The number of ether oxygens (including phenoxy) is 1. The van der Waals surface area contributed by atoms with Gasteiger partial charge in [0.1, 0.15) is 23.8 Å². The second-order valence-electron chi connectivity index (χ2n) is 6.99. The molecule has 1 amide bonds. The van der Waals surface area contributed by atoms with Crippen LogP contribution in [-0.2, 0) is 11.3 Å². The summed E-state index contributed by atoms with van der Waals surface area (Å²) >= 11 is 2.15. The highest BCUT2D eigenvalue weighted by atomic mass is 127. The zero-order valence-corrected chi connectivity index (χ0v) is 18.4. The molecule has 0 radical (unpaired) electrons. The number of carbonyl (C=O) groups is 1. The van der Waals surface area contributed by atoms with E-state index in [0.29, 0.717) is 24.3 Å². The Balaban J connectivity index is 1.77. The molecule has 0 bridgehead atoms. The highest BCUT2D eigenvalue weighted by molar-refractivity contribution is 14.1. The van der Waals surface area contributed by atoms with Crippen molar-refractivity contribution in [2.45, 2.75) is 31.2 Å². The number of carbonyl (C=O) groups excluding carboxylic acids is 1. The Kier molecular flexibility index (Phi) is 8.20. The molecule has 0 fully saturated rings. The molecule has 0 heterocycles. The molecule has 0 saturated heterocycles. The van der Waals surface area contributed by atoms with Crippen molar-refractivity contribution in [3.05, 3.63) is 75.1 Å². The van der Waals surface area contributed by atoms with E-state index < -0.39 is 18.2 Å². The molecule has 6 nitrogen and oxygen atoms in total. The lowest BCUT2D eigenvalue weighted by atomic mass is 9.89. The third-order valence-electron chi connectivity index (χ3n) is 4.82. The van der Waals surface area contributed by atoms with Crippen LogP contribution >= 0.6 is 22.6 Å². The van der Waals surface area contributed by atoms with Gasteiger partial charge in [0.15, 0.2) is 0 Å². The van der Waals surface area contributed by atoms with E-state index >= 15 is 0 Å². The van der Waals surface area contributed by atoms with E-state index in [1.165, 1.54) is 12.1 Å². The molecule has 2 aromatic rings. The highest BCUT2D eigenvalue weighted by Crippen LogP contribution is 2.27. The molecule has 0 unspecified atom stereocenters. The molecule has 0 spiro atoms. The van der Waals surface area contributed by atoms with Gasteiger partial charge < -0.3 is 25.6 Å². The first-order valence-electron chi connectivity index (χ1n) is 9.64. The lowest BCUT2D eigenvalue weighted by molar-refractivity contribution is -0.118. The SMILES string of the molecule is O=C(NCCO)C1=C[C@H](Oc2ccccc2I)[C@@H](O)[C@H](NCc2ccc(F)cc2)C1. The minimum Gasteiger partial charge on any atom is -0.482 e. The zero-order valence-electron chi connectivity index (χ0n) is 16.2. The lowest BCUT2D eigenvalue weighted by Gasteiger charge is -2.34. The molecule has 2 aromatic carbocycles. The van der Waals surface area contributed by atoms with E-state index in [1.54, 1.807) is 18.2 Å². The summed E-state index contributed by atoms with van der Waals surface area (Å²) in [6.07, 6.45) is 0.313. The summed E-state index contributed by atoms with van der Waals surface area (Å²) < 4.78 is 20.0. The Bertz CT molecular complexity index is 891. The Labute approximate surface area is 188 Å². The van der Waals surface area contributed by atoms with Crippen molar-refractivity contribution in [1.29, 1.82) is 0 Å². The van der Waals surface area contributed by atoms with Crippen molar-refractivity contribution in [2.24, 2.45) is 0 Å². The number of aliphatic hydroxyl groups is 2. The largest absolute Gasteiger partial charge is 0.482 e. The molecular weight excluding hydrogens is 502 g/mol. The third-order valence-corrected chi connectivity index (χ3v) is 5.72. The Morgan fingerprint density at radius 3 is 2.63 bits per heavy atom. The van der Waals surface area contributed by atoms with Gasteiger partial charge in [-0.1, -0.05) is 24.3 Å². The van der Waals surface area contributed by atoms with Gasteiger partial charge in [-0.2, -0.15) is 0 Å². The van der Waals surface area contributed by atoms with Gasteiger partial charge in [-0.25, -0.2) is 4.39 Å². The molecule has 0 aromatic heterocycles. The van der Waals surface area contributed by atoms with Crippen LogP contribution in [0.4, 0.5) is 4.39 Å². The molecule has 160 valence electrons. The standard InChI is InChI=1S/C22H24FIN2O4/c23-16-7-5-14(6-8-16)13-26-18-11-15(22(29)25-9-10-27)12-20(21(18)28)30-19-4-2-1-3-17(19)24/h1-8,12,18,20-21,26-28H,9-11,13H2,(H,25,29)/t18-,20+,21+/m1/s1. The summed E-state index contributed by atoms with van der Waals surface area (Å²) in [5.74, 6) is 0.00162. The minimum atomic E-state index is -0.893. The zero-order chi connectivity index (χ0) is 21.5. The fourth-order valence-electron chi connectivity index (χ4n) is 3.24. The maximum Gasteiger partial charge on any atom is 0.247 e. The van der Waals surface area contributed by atoms with Gasteiger partial charge in [-0.3, -0.25) is 4.79 Å². The van der Waals surface area contributed by atoms with Crippen LogP contribution in [-0.4, -0.2) is 47.5 Å². The fourth-order valence-corrected chi connectivity index (χ4v) is 3.75. The van der Waals surface area contributed by atoms with E-state index in [2.05, 4.69) is 33.2 Å². The molecule has 1 aliphatic rings.